The van der Waals surface area contributed by atoms with E-state index in [9.17, 15) is 13.6 Å². The van der Waals surface area contributed by atoms with E-state index in [1.165, 1.54) is 6.07 Å². The zero-order chi connectivity index (χ0) is 13.7. The topological polar surface area (TPSA) is 35.5 Å². The van der Waals surface area contributed by atoms with Gasteiger partial charge in [-0.1, -0.05) is 0 Å². The minimum Gasteiger partial charge on any atom is -0.376 e. The lowest BCUT2D eigenvalue weighted by Crippen LogP contribution is -2.25. The second kappa shape index (κ2) is 6.73. The number of ketones is 1. The molecule has 1 fully saturated rings. The first-order valence-corrected chi connectivity index (χ1v) is 6.34. The maximum Gasteiger partial charge on any atom is 0.188 e. The van der Waals surface area contributed by atoms with Gasteiger partial charge in [-0.25, -0.2) is 8.78 Å². The Kier molecular flexibility index (Phi) is 4.99. The minimum absolute atomic E-state index is 0.0338. The van der Waals surface area contributed by atoms with E-state index in [-0.39, 0.29) is 24.1 Å². The van der Waals surface area contributed by atoms with Crippen molar-refractivity contribution in [3.8, 4) is 0 Å². The summed E-state index contributed by atoms with van der Waals surface area (Å²) in [5.41, 5.74) is 0.114. The van der Waals surface area contributed by atoms with Gasteiger partial charge in [0.2, 0.25) is 0 Å². The third-order valence-electron chi connectivity index (χ3n) is 3.05. The molecule has 0 N–H and O–H groups in total. The summed E-state index contributed by atoms with van der Waals surface area (Å²) in [7, 11) is 0. The minimum atomic E-state index is -1.03. The Morgan fingerprint density at radius 2 is 2.16 bits per heavy atom. The standard InChI is InChI=1S/C14H16F2O3/c15-12-5-4-10(7-13(12)16)14(17)9-18-8-11-3-1-2-6-19-11/h4-5,7,11H,1-3,6,8-9H2. The van der Waals surface area contributed by atoms with Gasteiger partial charge >= 0.3 is 0 Å². The summed E-state index contributed by atoms with van der Waals surface area (Å²) < 4.78 is 36.4. The maximum absolute atomic E-state index is 13.0. The molecule has 1 atom stereocenters. The van der Waals surface area contributed by atoms with Crippen LogP contribution in [-0.4, -0.2) is 31.7 Å². The molecule has 1 aliphatic rings. The Balaban J connectivity index is 1.78. The van der Waals surface area contributed by atoms with Gasteiger partial charge < -0.3 is 9.47 Å². The molecule has 1 aliphatic heterocycles. The Morgan fingerprint density at radius 1 is 1.32 bits per heavy atom. The fraction of sp³-hybridized carbons (Fsp3) is 0.500. The van der Waals surface area contributed by atoms with Gasteiger partial charge in [0.25, 0.3) is 0 Å². The van der Waals surface area contributed by atoms with E-state index >= 15 is 0 Å². The molecule has 1 heterocycles. The third kappa shape index (κ3) is 4.08. The summed E-state index contributed by atoms with van der Waals surface area (Å²) in [4.78, 5) is 11.7. The Bertz CT molecular complexity index is 442. The molecule has 0 aliphatic carbocycles. The van der Waals surface area contributed by atoms with Crippen LogP contribution in [0.5, 0.6) is 0 Å². The van der Waals surface area contributed by atoms with Crippen molar-refractivity contribution in [2.75, 3.05) is 19.8 Å². The Morgan fingerprint density at radius 3 is 2.84 bits per heavy atom. The number of carbonyl (C=O) groups excluding carboxylic acids is 1. The van der Waals surface area contributed by atoms with Gasteiger partial charge in [0, 0.05) is 12.2 Å². The van der Waals surface area contributed by atoms with E-state index in [0.717, 1.165) is 38.0 Å². The fourth-order valence-corrected chi connectivity index (χ4v) is 1.97. The molecule has 3 nitrogen and oxygen atoms in total. The monoisotopic (exact) mass is 270 g/mol. The van der Waals surface area contributed by atoms with Crippen molar-refractivity contribution in [3.63, 3.8) is 0 Å². The summed E-state index contributed by atoms with van der Waals surface area (Å²) in [5.74, 6) is -2.36. The highest BCUT2D eigenvalue weighted by atomic mass is 19.2. The van der Waals surface area contributed by atoms with Crippen molar-refractivity contribution in [2.24, 2.45) is 0 Å². The molecule has 1 aromatic carbocycles. The van der Waals surface area contributed by atoms with Crippen molar-refractivity contribution in [1.29, 1.82) is 0 Å². The van der Waals surface area contributed by atoms with Gasteiger partial charge in [-0.2, -0.15) is 0 Å². The normalized spacial score (nSPS) is 19.4. The van der Waals surface area contributed by atoms with Gasteiger partial charge in [0.1, 0.15) is 6.61 Å². The van der Waals surface area contributed by atoms with Crippen LogP contribution in [-0.2, 0) is 9.47 Å². The number of hydrogen-bond acceptors (Lipinski definition) is 3. The molecule has 0 bridgehead atoms. The molecule has 1 aromatic rings. The first-order valence-electron chi connectivity index (χ1n) is 6.34. The second-order valence-electron chi connectivity index (χ2n) is 4.56. The lowest BCUT2D eigenvalue weighted by Gasteiger charge is -2.22. The van der Waals surface area contributed by atoms with E-state index in [2.05, 4.69) is 0 Å². The molecule has 1 unspecified atom stereocenters. The fourth-order valence-electron chi connectivity index (χ4n) is 1.97. The van der Waals surface area contributed by atoms with Gasteiger partial charge in [0.05, 0.1) is 12.7 Å². The van der Waals surface area contributed by atoms with Crippen LogP contribution in [0.1, 0.15) is 29.6 Å². The van der Waals surface area contributed by atoms with Gasteiger partial charge in [-0.05, 0) is 37.5 Å². The molecule has 0 amide bonds. The zero-order valence-corrected chi connectivity index (χ0v) is 10.5. The van der Waals surface area contributed by atoms with Crippen molar-refractivity contribution >= 4 is 5.78 Å². The number of halogens is 2. The average Bonchev–Trinajstić information content (AvgIpc) is 2.43. The van der Waals surface area contributed by atoms with Crippen LogP contribution in [0.15, 0.2) is 18.2 Å². The highest BCUT2D eigenvalue weighted by Crippen LogP contribution is 2.13. The summed E-state index contributed by atoms with van der Waals surface area (Å²) in [6, 6.07) is 3.08. The second-order valence-corrected chi connectivity index (χ2v) is 4.56. The SMILES string of the molecule is O=C(COCC1CCCCO1)c1ccc(F)c(F)c1. The van der Waals surface area contributed by atoms with Gasteiger partial charge in [-0.3, -0.25) is 4.79 Å². The van der Waals surface area contributed by atoms with Crippen LogP contribution in [0.25, 0.3) is 0 Å². The predicted molar refractivity (Wildman–Crippen MR) is 65.1 cm³/mol. The van der Waals surface area contributed by atoms with Crippen molar-refractivity contribution in [2.45, 2.75) is 25.4 Å². The third-order valence-corrected chi connectivity index (χ3v) is 3.05. The molecule has 0 aromatic heterocycles. The smallest absolute Gasteiger partial charge is 0.188 e. The number of carbonyl (C=O) groups is 1. The maximum atomic E-state index is 13.0. The average molecular weight is 270 g/mol. The summed E-state index contributed by atoms with van der Waals surface area (Å²) >= 11 is 0. The molecule has 104 valence electrons. The number of ether oxygens (including phenoxy) is 2. The molecule has 19 heavy (non-hydrogen) atoms. The molecule has 2 rings (SSSR count). The van der Waals surface area contributed by atoms with Gasteiger partial charge in [-0.15, -0.1) is 0 Å². The first-order chi connectivity index (χ1) is 9.16. The zero-order valence-electron chi connectivity index (χ0n) is 10.5. The lowest BCUT2D eigenvalue weighted by molar-refractivity contribution is -0.0370. The Labute approximate surface area is 110 Å². The van der Waals surface area contributed by atoms with Crippen LogP contribution < -0.4 is 0 Å². The molecule has 5 heteroatoms. The van der Waals surface area contributed by atoms with Crippen LogP contribution in [0, 0.1) is 11.6 Å². The molecule has 1 saturated heterocycles. The van der Waals surface area contributed by atoms with E-state index in [1.54, 1.807) is 0 Å². The van der Waals surface area contributed by atoms with Crippen molar-refractivity contribution < 1.29 is 23.0 Å². The highest BCUT2D eigenvalue weighted by Gasteiger charge is 2.15. The Hall–Kier alpha value is -1.33. The van der Waals surface area contributed by atoms with E-state index in [0.29, 0.717) is 6.61 Å². The molecule has 0 saturated carbocycles. The lowest BCUT2D eigenvalue weighted by atomic mass is 10.1. The number of rotatable bonds is 5. The molecular weight excluding hydrogens is 254 g/mol. The quantitative estimate of drug-likeness (QED) is 0.772. The number of benzene rings is 1. The largest absolute Gasteiger partial charge is 0.376 e. The van der Waals surface area contributed by atoms with Crippen LogP contribution in [0.3, 0.4) is 0 Å². The molecule has 0 spiro atoms. The predicted octanol–water partition coefficient (Wildman–Crippen LogP) is 2.73. The van der Waals surface area contributed by atoms with E-state index < -0.39 is 11.6 Å². The molecular formula is C14H16F2O3. The van der Waals surface area contributed by atoms with Crippen LogP contribution in [0.4, 0.5) is 8.78 Å². The first kappa shape index (κ1) is 14.1. The van der Waals surface area contributed by atoms with Crippen molar-refractivity contribution in [3.05, 3.63) is 35.4 Å². The number of Topliss-reactive ketones (excluding diaryl/α,β-unsaturated/α-hetero) is 1. The van der Waals surface area contributed by atoms with E-state index in [4.69, 9.17) is 9.47 Å². The van der Waals surface area contributed by atoms with E-state index in [1.807, 2.05) is 0 Å². The van der Waals surface area contributed by atoms with Crippen molar-refractivity contribution in [1.82, 2.24) is 0 Å². The van der Waals surface area contributed by atoms with Crippen LogP contribution >= 0.6 is 0 Å². The summed E-state index contributed by atoms with van der Waals surface area (Å²) in [6.07, 6.45) is 3.13. The summed E-state index contributed by atoms with van der Waals surface area (Å²) in [6.45, 7) is 0.936. The molecule has 0 radical (unpaired) electrons. The van der Waals surface area contributed by atoms with Crippen LogP contribution in [0.2, 0.25) is 0 Å². The number of hydrogen-bond donors (Lipinski definition) is 0. The summed E-state index contributed by atoms with van der Waals surface area (Å²) in [5, 5.41) is 0. The van der Waals surface area contributed by atoms with Gasteiger partial charge in [0.15, 0.2) is 17.4 Å². The highest BCUT2D eigenvalue weighted by molar-refractivity contribution is 5.97.